The van der Waals surface area contributed by atoms with E-state index in [4.69, 9.17) is 9.47 Å². The molecule has 0 bridgehead atoms. The topological polar surface area (TPSA) is 76.1 Å². The number of anilines is 1. The molecular formula is C29H28BrNO5. The Morgan fingerprint density at radius 3 is 2.39 bits per heavy atom. The number of rotatable bonds is 7. The Kier molecular flexibility index (Phi) is 7.50. The Balaban J connectivity index is 1.85. The minimum atomic E-state index is -0.841. The average Bonchev–Trinajstić information content (AvgIpc) is 3.14. The van der Waals surface area contributed by atoms with Crippen LogP contribution < -0.4 is 14.4 Å². The van der Waals surface area contributed by atoms with Crippen LogP contribution in [0.1, 0.15) is 36.6 Å². The van der Waals surface area contributed by atoms with Gasteiger partial charge in [0.05, 0.1) is 25.3 Å². The van der Waals surface area contributed by atoms with Gasteiger partial charge < -0.3 is 14.6 Å². The Morgan fingerprint density at radius 1 is 1.03 bits per heavy atom. The van der Waals surface area contributed by atoms with Crippen LogP contribution in [-0.2, 0) is 9.59 Å². The summed E-state index contributed by atoms with van der Waals surface area (Å²) < 4.78 is 12.0. The molecule has 1 fully saturated rings. The van der Waals surface area contributed by atoms with E-state index in [1.54, 1.807) is 67.8 Å². The van der Waals surface area contributed by atoms with Crippen LogP contribution in [0.25, 0.3) is 5.76 Å². The molecule has 1 N–H and O–H groups in total. The number of hydrogen-bond acceptors (Lipinski definition) is 5. The van der Waals surface area contributed by atoms with Crippen molar-refractivity contribution in [2.45, 2.75) is 26.8 Å². The molecule has 1 aliphatic heterocycles. The summed E-state index contributed by atoms with van der Waals surface area (Å²) in [5, 5.41) is 11.3. The fourth-order valence-corrected chi connectivity index (χ4v) is 4.39. The molecule has 1 saturated heterocycles. The summed E-state index contributed by atoms with van der Waals surface area (Å²) in [6.45, 7) is 6.59. The SMILES string of the molecule is COc1cccc(C2/C(=C(/O)c3ccc(Br)c(C)c3)C(=O)C(=O)N2c2ccc(OCC(C)C)cc2)c1. The van der Waals surface area contributed by atoms with Gasteiger partial charge in [0.1, 0.15) is 17.3 Å². The number of amides is 1. The van der Waals surface area contributed by atoms with Gasteiger partial charge in [-0.1, -0.05) is 48.0 Å². The molecule has 0 radical (unpaired) electrons. The Labute approximate surface area is 219 Å². The second-order valence-electron chi connectivity index (χ2n) is 9.11. The second kappa shape index (κ2) is 10.6. The number of aryl methyl sites for hydroxylation is 1. The molecule has 0 saturated carbocycles. The summed E-state index contributed by atoms with van der Waals surface area (Å²) in [5.41, 5.74) is 2.54. The fraction of sp³-hybridized carbons (Fsp3) is 0.241. The highest BCUT2D eigenvalue weighted by molar-refractivity contribution is 9.10. The summed E-state index contributed by atoms with van der Waals surface area (Å²) in [5.74, 6) is -0.0636. The monoisotopic (exact) mass is 549 g/mol. The molecule has 1 unspecified atom stereocenters. The molecule has 4 rings (SSSR count). The molecule has 0 aliphatic carbocycles. The average molecular weight is 550 g/mol. The number of aliphatic hydroxyl groups excluding tert-OH is 1. The highest BCUT2D eigenvalue weighted by Crippen LogP contribution is 2.43. The molecular weight excluding hydrogens is 522 g/mol. The van der Waals surface area contributed by atoms with E-state index in [1.807, 2.05) is 13.0 Å². The smallest absolute Gasteiger partial charge is 0.300 e. The van der Waals surface area contributed by atoms with E-state index in [2.05, 4.69) is 29.8 Å². The summed E-state index contributed by atoms with van der Waals surface area (Å²) in [6, 6.07) is 18.7. The summed E-state index contributed by atoms with van der Waals surface area (Å²) in [4.78, 5) is 28.2. The second-order valence-corrected chi connectivity index (χ2v) is 9.96. The first-order chi connectivity index (χ1) is 17.2. The zero-order valence-electron chi connectivity index (χ0n) is 20.6. The number of aliphatic hydroxyl groups is 1. The molecule has 1 heterocycles. The van der Waals surface area contributed by atoms with Crippen molar-refractivity contribution < 1.29 is 24.2 Å². The van der Waals surface area contributed by atoms with Crippen molar-refractivity contribution in [2.75, 3.05) is 18.6 Å². The number of Topliss-reactive ketones (excluding diaryl/α,β-unsaturated/α-hetero) is 1. The third-order valence-corrected chi connectivity index (χ3v) is 6.87. The van der Waals surface area contributed by atoms with Gasteiger partial charge in [0.15, 0.2) is 0 Å². The van der Waals surface area contributed by atoms with E-state index in [9.17, 15) is 14.7 Å². The first-order valence-electron chi connectivity index (χ1n) is 11.7. The van der Waals surface area contributed by atoms with Crippen molar-refractivity contribution in [3.63, 3.8) is 0 Å². The first kappa shape index (κ1) is 25.5. The van der Waals surface area contributed by atoms with E-state index < -0.39 is 17.7 Å². The number of benzene rings is 3. The van der Waals surface area contributed by atoms with Crippen LogP contribution in [-0.4, -0.2) is 30.5 Å². The molecule has 3 aromatic rings. The predicted molar refractivity (Wildman–Crippen MR) is 143 cm³/mol. The summed E-state index contributed by atoms with van der Waals surface area (Å²) >= 11 is 3.46. The molecule has 6 nitrogen and oxygen atoms in total. The lowest BCUT2D eigenvalue weighted by Gasteiger charge is -2.26. The van der Waals surface area contributed by atoms with Crippen LogP contribution in [0, 0.1) is 12.8 Å². The molecule has 36 heavy (non-hydrogen) atoms. The molecule has 3 aromatic carbocycles. The van der Waals surface area contributed by atoms with Crippen molar-refractivity contribution in [1.82, 2.24) is 0 Å². The maximum Gasteiger partial charge on any atom is 0.300 e. The lowest BCUT2D eigenvalue weighted by molar-refractivity contribution is -0.132. The molecule has 1 aliphatic rings. The molecule has 186 valence electrons. The number of carbonyl (C=O) groups excluding carboxylic acids is 2. The van der Waals surface area contributed by atoms with Crippen LogP contribution >= 0.6 is 15.9 Å². The van der Waals surface area contributed by atoms with Crippen LogP contribution in [0.5, 0.6) is 11.5 Å². The first-order valence-corrected chi connectivity index (χ1v) is 12.4. The van der Waals surface area contributed by atoms with E-state index in [0.717, 1.165) is 10.0 Å². The maximum atomic E-state index is 13.4. The summed E-state index contributed by atoms with van der Waals surface area (Å²) in [7, 11) is 1.55. The Bertz CT molecular complexity index is 1330. The van der Waals surface area contributed by atoms with E-state index >= 15 is 0 Å². The Hall–Kier alpha value is -3.58. The van der Waals surface area contributed by atoms with E-state index in [0.29, 0.717) is 40.8 Å². The van der Waals surface area contributed by atoms with Crippen molar-refractivity contribution in [1.29, 1.82) is 0 Å². The predicted octanol–water partition coefficient (Wildman–Crippen LogP) is 6.43. The number of methoxy groups -OCH3 is 1. The summed E-state index contributed by atoms with van der Waals surface area (Å²) in [6.07, 6.45) is 0. The van der Waals surface area contributed by atoms with Crippen LogP contribution in [0.15, 0.2) is 76.8 Å². The van der Waals surface area contributed by atoms with Gasteiger partial charge in [-0.25, -0.2) is 0 Å². The highest BCUT2D eigenvalue weighted by atomic mass is 79.9. The zero-order valence-corrected chi connectivity index (χ0v) is 22.2. The third kappa shape index (κ3) is 5.02. The van der Waals surface area contributed by atoms with Crippen LogP contribution in [0.4, 0.5) is 5.69 Å². The van der Waals surface area contributed by atoms with E-state index in [-0.39, 0.29) is 11.3 Å². The highest BCUT2D eigenvalue weighted by Gasteiger charge is 2.47. The Morgan fingerprint density at radius 2 is 1.75 bits per heavy atom. The minimum Gasteiger partial charge on any atom is -0.507 e. The number of ketones is 1. The molecule has 0 spiro atoms. The minimum absolute atomic E-state index is 0.0232. The molecule has 1 amide bonds. The van der Waals surface area contributed by atoms with Gasteiger partial charge in [0, 0.05) is 15.7 Å². The van der Waals surface area contributed by atoms with Crippen molar-refractivity contribution in [2.24, 2.45) is 5.92 Å². The zero-order chi connectivity index (χ0) is 26.0. The van der Waals surface area contributed by atoms with Gasteiger partial charge >= 0.3 is 0 Å². The fourth-order valence-electron chi connectivity index (χ4n) is 4.14. The van der Waals surface area contributed by atoms with Crippen molar-refractivity contribution >= 4 is 39.1 Å². The van der Waals surface area contributed by atoms with Crippen LogP contribution in [0.3, 0.4) is 0 Å². The van der Waals surface area contributed by atoms with Gasteiger partial charge in [-0.2, -0.15) is 0 Å². The molecule has 1 atom stereocenters. The van der Waals surface area contributed by atoms with Gasteiger partial charge in [-0.05, 0) is 72.5 Å². The quantitative estimate of drug-likeness (QED) is 0.209. The largest absolute Gasteiger partial charge is 0.507 e. The number of carbonyl (C=O) groups is 2. The van der Waals surface area contributed by atoms with Gasteiger partial charge in [-0.15, -0.1) is 0 Å². The number of nitrogens with zero attached hydrogens (tertiary/aromatic N) is 1. The van der Waals surface area contributed by atoms with E-state index in [1.165, 1.54) is 4.90 Å². The van der Waals surface area contributed by atoms with Gasteiger partial charge in [0.25, 0.3) is 11.7 Å². The van der Waals surface area contributed by atoms with Gasteiger partial charge in [-0.3, -0.25) is 14.5 Å². The van der Waals surface area contributed by atoms with Crippen molar-refractivity contribution in [3.05, 3.63) is 93.5 Å². The van der Waals surface area contributed by atoms with Gasteiger partial charge in [0.2, 0.25) is 0 Å². The number of halogens is 1. The lowest BCUT2D eigenvalue weighted by Crippen LogP contribution is -2.29. The normalized spacial score (nSPS) is 17.1. The lowest BCUT2D eigenvalue weighted by atomic mass is 9.94. The number of hydrogen-bond donors (Lipinski definition) is 1. The molecule has 7 heteroatoms. The van der Waals surface area contributed by atoms with Crippen molar-refractivity contribution in [3.8, 4) is 11.5 Å². The number of ether oxygens (including phenoxy) is 2. The molecule has 0 aromatic heterocycles. The third-order valence-electron chi connectivity index (χ3n) is 5.98. The maximum absolute atomic E-state index is 13.4. The standard InChI is InChI=1S/C29H28BrNO5/c1-17(2)16-36-22-11-9-21(10-12-22)31-26(19-6-5-7-23(15-19)35-4)25(28(33)29(31)34)27(32)20-8-13-24(30)18(3)14-20/h5-15,17,26,32H,16H2,1-4H3/b27-25-. The van der Waals surface area contributed by atoms with Crippen LogP contribution in [0.2, 0.25) is 0 Å².